The van der Waals surface area contributed by atoms with Crippen molar-refractivity contribution in [2.24, 2.45) is 0 Å². The van der Waals surface area contributed by atoms with Gasteiger partial charge in [-0.2, -0.15) is 0 Å². The number of pyridine rings is 1. The van der Waals surface area contributed by atoms with Crippen LogP contribution in [-0.4, -0.2) is 9.97 Å². The van der Waals surface area contributed by atoms with Crippen LogP contribution in [0, 0.1) is 0 Å². The summed E-state index contributed by atoms with van der Waals surface area (Å²) in [6.07, 6.45) is 0.977. The second-order valence-corrected chi connectivity index (χ2v) is 3.72. The second kappa shape index (κ2) is 3.09. The number of aryl methyl sites for hydroxylation is 1. The van der Waals surface area contributed by atoms with Crippen molar-refractivity contribution in [3.63, 3.8) is 0 Å². The highest BCUT2D eigenvalue weighted by atomic mass is 14.9. The van der Waals surface area contributed by atoms with Crippen LogP contribution in [0.2, 0.25) is 0 Å². The Hall–Kier alpha value is -1.83. The predicted octanol–water partition coefficient (Wildman–Crippen LogP) is 3.28. The minimum absolute atomic E-state index is 0.977. The van der Waals surface area contributed by atoms with Crippen molar-refractivity contribution in [1.29, 1.82) is 0 Å². The van der Waals surface area contributed by atoms with E-state index in [4.69, 9.17) is 0 Å². The lowest BCUT2D eigenvalue weighted by atomic mass is 10.2. The van der Waals surface area contributed by atoms with E-state index in [0.717, 1.165) is 23.3 Å². The molecule has 0 saturated heterocycles. The molecule has 1 aromatic carbocycles. The highest BCUT2D eigenvalue weighted by molar-refractivity contribution is 6.05. The van der Waals surface area contributed by atoms with Gasteiger partial charge in [-0.05, 0) is 24.6 Å². The zero-order valence-electron chi connectivity index (χ0n) is 8.62. The van der Waals surface area contributed by atoms with Gasteiger partial charge >= 0.3 is 0 Å². The SMILES string of the molecule is CCc1ccc2c(n1)[nH]c1ccccc12. The van der Waals surface area contributed by atoms with Crippen molar-refractivity contribution in [3.05, 3.63) is 42.1 Å². The molecule has 2 heterocycles. The van der Waals surface area contributed by atoms with Crippen molar-refractivity contribution >= 4 is 21.9 Å². The maximum Gasteiger partial charge on any atom is 0.138 e. The normalized spacial score (nSPS) is 11.3. The van der Waals surface area contributed by atoms with Crippen LogP contribution in [-0.2, 0) is 6.42 Å². The number of para-hydroxylation sites is 1. The molecule has 15 heavy (non-hydrogen) atoms. The fourth-order valence-electron chi connectivity index (χ4n) is 1.96. The van der Waals surface area contributed by atoms with Gasteiger partial charge in [0.15, 0.2) is 0 Å². The average Bonchev–Trinajstić information content (AvgIpc) is 2.66. The monoisotopic (exact) mass is 196 g/mol. The third-order valence-electron chi connectivity index (χ3n) is 2.79. The van der Waals surface area contributed by atoms with Crippen LogP contribution in [0.5, 0.6) is 0 Å². The summed E-state index contributed by atoms with van der Waals surface area (Å²) in [5, 5.41) is 2.46. The third-order valence-corrected chi connectivity index (χ3v) is 2.79. The lowest BCUT2D eigenvalue weighted by Gasteiger charge is -1.94. The molecule has 0 aliphatic heterocycles. The Morgan fingerprint density at radius 3 is 2.80 bits per heavy atom. The molecule has 0 unspecified atom stereocenters. The number of fused-ring (bicyclic) bond motifs is 3. The lowest BCUT2D eigenvalue weighted by Crippen LogP contribution is -1.85. The van der Waals surface area contributed by atoms with Gasteiger partial charge in [0, 0.05) is 22.0 Å². The van der Waals surface area contributed by atoms with Crippen LogP contribution < -0.4 is 0 Å². The van der Waals surface area contributed by atoms with Crippen molar-refractivity contribution in [2.45, 2.75) is 13.3 Å². The quantitative estimate of drug-likeness (QED) is 0.635. The Labute approximate surface area is 88.0 Å². The summed E-state index contributed by atoms with van der Waals surface area (Å²) >= 11 is 0. The minimum Gasteiger partial charge on any atom is -0.339 e. The van der Waals surface area contributed by atoms with E-state index in [1.165, 1.54) is 10.8 Å². The standard InChI is InChI=1S/C13H12N2/c1-2-9-7-8-11-10-5-3-4-6-12(10)15-13(11)14-9/h3-8H,2H2,1H3,(H,14,15). The topological polar surface area (TPSA) is 28.7 Å². The number of nitrogens with one attached hydrogen (secondary N) is 1. The molecule has 0 aliphatic carbocycles. The molecule has 1 N–H and O–H groups in total. The van der Waals surface area contributed by atoms with E-state index < -0.39 is 0 Å². The number of aromatic nitrogens is 2. The van der Waals surface area contributed by atoms with E-state index in [1.54, 1.807) is 0 Å². The summed E-state index contributed by atoms with van der Waals surface area (Å²) in [5.74, 6) is 0. The number of hydrogen-bond acceptors (Lipinski definition) is 1. The van der Waals surface area contributed by atoms with Gasteiger partial charge in [0.05, 0.1) is 0 Å². The van der Waals surface area contributed by atoms with Gasteiger partial charge in [0.2, 0.25) is 0 Å². The van der Waals surface area contributed by atoms with E-state index >= 15 is 0 Å². The number of H-pyrrole nitrogens is 1. The molecule has 0 radical (unpaired) electrons. The van der Waals surface area contributed by atoms with Gasteiger partial charge < -0.3 is 4.98 Å². The van der Waals surface area contributed by atoms with E-state index in [1.807, 2.05) is 6.07 Å². The summed E-state index contributed by atoms with van der Waals surface area (Å²) in [7, 11) is 0. The van der Waals surface area contributed by atoms with E-state index in [-0.39, 0.29) is 0 Å². The molecule has 2 heteroatoms. The molecule has 3 aromatic rings. The molecule has 0 fully saturated rings. The van der Waals surface area contributed by atoms with Crippen LogP contribution in [0.1, 0.15) is 12.6 Å². The van der Waals surface area contributed by atoms with E-state index in [0.29, 0.717) is 0 Å². The number of benzene rings is 1. The summed E-state index contributed by atoms with van der Waals surface area (Å²) < 4.78 is 0. The van der Waals surface area contributed by atoms with Crippen molar-refractivity contribution < 1.29 is 0 Å². The minimum atomic E-state index is 0.977. The number of aromatic amines is 1. The van der Waals surface area contributed by atoms with Gasteiger partial charge in [-0.1, -0.05) is 25.1 Å². The van der Waals surface area contributed by atoms with Gasteiger partial charge in [-0.15, -0.1) is 0 Å². The Morgan fingerprint density at radius 1 is 1.07 bits per heavy atom. The van der Waals surface area contributed by atoms with Crippen molar-refractivity contribution in [2.75, 3.05) is 0 Å². The third kappa shape index (κ3) is 1.22. The van der Waals surface area contributed by atoms with Gasteiger partial charge in [0.25, 0.3) is 0 Å². The Kier molecular flexibility index (Phi) is 1.75. The summed E-state index contributed by atoms with van der Waals surface area (Å²) in [6.45, 7) is 2.12. The van der Waals surface area contributed by atoms with Crippen LogP contribution in [0.25, 0.3) is 21.9 Å². The number of rotatable bonds is 1. The van der Waals surface area contributed by atoms with E-state index in [9.17, 15) is 0 Å². The van der Waals surface area contributed by atoms with Crippen LogP contribution in [0.4, 0.5) is 0 Å². The summed E-state index contributed by atoms with van der Waals surface area (Å²) in [5.41, 5.74) is 3.29. The van der Waals surface area contributed by atoms with Gasteiger partial charge in [-0.3, -0.25) is 0 Å². The molecule has 3 rings (SSSR count). The molecule has 0 atom stereocenters. The highest BCUT2D eigenvalue weighted by Crippen LogP contribution is 2.23. The second-order valence-electron chi connectivity index (χ2n) is 3.72. The molecule has 2 aromatic heterocycles. The summed E-state index contributed by atoms with van der Waals surface area (Å²) in [6, 6.07) is 12.6. The Balaban J connectivity index is 2.43. The zero-order valence-corrected chi connectivity index (χ0v) is 8.62. The molecule has 0 bridgehead atoms. The molecule has 0 aliphatic rings. The largest absolute Gasteiger partial charge is 0.339 e. The summed E-state index contributed by atoms with van der Waals surface area (Å²) in [4.78, 5) is 7.92. The van der Waals surface area contributed by atoms with Crippen LogP contribution in [0.3, 0.4) is 0 Å². The van der Waals surface area contributed by atoms with Crippen LogP contribution in [0.15, 0.2) is 36.4 Å². The predicted molar refractivity (Wildman–Crippen MR) is 63.0 cm³/mol. The van der Waals surface area contributed by atoms with Crippen molar-refractivity contribution in [1.82, 2.24) is 9.97 Å². The molecular weight excluding hydrogens is 184 g/mol. The first-order valence-corrected chi connectivity index (χ1v) is 5.25. The fourth-order valence-corrected chi connectivity index (χ4v) is 1.96. The van der Waals surface area contributed by atoms with Crippen molar-refractivity contribution in [3.8, 4) is 0 Å². The maximum absolute atomic E-state index is 4.58. The van der Waals surface area contributed by atoms with Gasteiger partial charge in [-0.25, -0.2) is 4.98 Å². The number of nitrogens with zero attached hydrogens (tertiary/aromatic N) is 1. The van der Waals surface area contributed by atoms with Crippen LogP contribution >= 0.6 is 0 Å². The molecule has 0 amide bonds. The average molecular weight is 196 g/mol. The first-order valence-electron chi connectivity index (χ1n) is 5.25. The lowest BCUT2D eigenvalue weighted by molar-refractivity contribution is 1.05. The zero-order chi connectivity index (χ0) is 10.3. The molecule has 2 nitrogen and oxygen atoms in total. The Bertz CT molecular complexity index is 623. The first kappa shape index (κ1) is 8.48. The first-order chi connectivity index (χ1) is 7.38. The van der Waals surface area contributed by atoms with E-state index in [2.05, 4.69) is 47.2 Å². The maximum atomic E-state index is 4.58. The molecule has 0 saturated carbocycles. The highest BCUT2D eigenvalue weighted by Gasteiger charge is 2.04. The van der Waals surface area contributed by atoms with Gasteiger partial charge in [0.1, 0.15) is 5.65 Å². The molecule has 74 valence electrons. The molecule has 0 spiro atoms. The Morgan fingerprint density at radius 2 is 1.93 bits per heavy atom. The smallest absolute Gasteiger partial charge is 0.138 e. The number of hydrogen-bond donors (Lipinski definition) is 1. The molecular formula is C13H12N2. The fraction of sp³-hybridized carbons (Fsp3) is 0.154.